The Bertz CT molecular complexity index is 1540. The SMILES string of the molecule is COc1ccccc1-c1c[nH]c2ncc(B3OC(C)(C)C(C)(C)O3)c(S(=O)(=O)c3ccc(C)cc3)c12. The molecule has 0 amide bonds. The van der Waals surface area contributed by atoms with Crippen molar-refractivity contribution in [3.63, 3.8) is 0 Å². The number of aryl methyl sites for hydroxylation is 1. The smallest absolute Gasteiger partial charge is 0.496 e. The second kappa shape index (κ2) is 8.47. The highest BCUT2D eigenvalue weighted by Crippen LogP contribution is 2.41. The van der Waals surface area contributed by atoms with Crippen molar-refractivity contribution in [2.45, 2.75) is 55.6 Å². The first kappa shape index (κ1) is 24.6. The van der Waals surface area contributed by atoms with E-state index in [0.717, 1.165) is 11.1 Å². The van der Waals surface area contributed by atoms with Gasteiger partial charge >= 0.3 is 7.12 Å². The summed E-state index contributed by atoms with van der Waals surface area (Å²) in [4.78, 5) is 8.03. The Morgan fingerprint density at radius 3 is 2.22 bits per heavy atom. The largest absolute Gasteiger partial charge is 0.497 e. The maximum Gasteiger partial charge on any atom is 0.497 e. The summed E-state index contributed by atoms with van der Waals surface area (Å²) in [6, 6.07) is 14.3. The molecule has 0 spiro atoms. The number of H-pyrrole nitrogens is 1. The van der Waals surface area contributed by atoms with Gasteiger partial charge in [-0.15, -0.1) is 0 Å². The van der Waals surface area contributed by atoms with Crippen LogP contribution >= 0.6 is 0 Å². The number of pyridine rings is 1. The van der Waals surface area contributed by atoms with Crippen molar-refractivity contribution < 1.29 is 22.5 Å². The molecule has 0 radical (unpaired) electrons. The number of rotatable bonds is 5. The van der Waals surface area contributed by atoms with Gasteiger partial charge in [-0.3, -0.25) is 0 Å². The molecular weight excluding hydrogens is 475 g/mol. The highest BCUT2D eigenvalue weighted by molar-refractivity contribution is 7.92. The zero-order valence-electron chi connectivity index (χ0n) is 21.2. The van der Waals surface area contributed by atoms with Crippen LogP contribution in [0.25, 0.3) is 22.2 Å². The molecule has 7 nitrogen and oxygen atoms in total. The average Bonchev–Trinajstić information content (AvgIpc) is 3.35. The summed E-state index contributed by atoms with van der Waals surface area (Å²) in [5.41, 5.74) is 1.89. The molecule has 0 aliphatic carbocycles. The van der Waals surface area contributed by atoms with Crippen molar-refractivity contribution in [3.8, 4) is 16.9 Å². The van der Waals surface area contributed by atoms with Crippen LogP contribution in [0.15, 0.2) is 70.7 Å². The van der Waals surface area contributed by atoms with Crippen LogP contribution in [-0.4, -0.2) is 43.8 Å². The second-order valence-corrected chi connectivity index (χ2v) is 12.0. The minimum absolute atomic E-state index is 0.108. The minimum Gasteiger partial charge on any atom is -0.496 e. The lowest BCUT2D eigenvalue weighted by Gasteiger charge is -2.32. The lowest BCUT2D eigenvalue weighted by molar-refractivity contribution is 0.00578. The number of methoxy groups -OCH3 is 1. The number of aromatic amines is 1. The van der Waals surface area contributed by atoms with Gasteiger partial charge in [0.05, 0.1) is 28.1 Å². The van der Waals surface area contributed by atoms with Crippen molar-refractivity contribution >= 4 is 33.5 Å². The van der Waals surface area contributed by atoms with Crippen molar-refractivity contribution in [3.05, 3.63) is 66.5 Å². The van der Waals surface area contributed by atoms with Crippen LogP contribution in [0.1, 0.15) is 33.3 Å². The molecule has 2 aromatic heterocycles. The number of ether oxygens (including phenoxy) is 1. The lowest BCUT2D eigenvalue weighted by atomic mass is 9.79. The van der Waals surface area contributed by atoms with Gasteiger partial charge in [-0.2, -0.15) is 0 Å². The van der Waals surface area contributed by atoms with Crippen molar-refractivity contribution in [1.82, 2.24) is 9.97 Å². The minimum atomic E-state index is -4.01. The van der Waals surface area contributed by atoms with Gasteiger partial charge in [0.1, 0.15) is 11.4 Å². The first-order chi connectivity index (χ1) is 17.0. The number of benzene rings is 2. The molecule has 9 heteroatoms. The molecule has 1 saturated heterocycles. The number of sulfone groups is 1. The van der Waals surface area contributed by atoms with E-state index in [1.54, 1.807) is 37.6 Å². The van der Waals surface area contributed by atoms with Gasteiger partial charge in [-0.25, -0.2) is 13.4 Å². The van der Waals surface area contributed by atoms with Crippen LogP contribution in [0.3, 0.4) is 0 Å². The Labute approximate surface area is 211 Å². The predicted octanol–water partition coefficient (Wildman–Crippen LogP) is 4.68. The Morgan fingerprint density at radius 2 is 1.58 bits per heavy atom. The Balaban J connectivity index is 1.84. The van der Waals surface area contributed by atoms with Crippen molar-refractivity contribution in [1.29, 1.82) is 0 Å². The average molecular weight is 504 g/mol. The van der Waals surface area contributed by atoms with Crippen LogP contribution < -0.4 is 10.2 Å². The highest BCUT2D eigenvalue weighted by atomic mass is 32.2. The lowest BCUT2D eigenvalue weighted by Crippen LogP contribution is -2.41. The quantitative estimate of drug-likeness (QED) is 0.397. The van der Waals surface area contributed by atoms with E-state index in [0.29, 0.717) is 27.8 Å². The molecule has 1 N–H and O–H groups in total. The van der Waals surface area contributed by atoms with Crippen LogP contribution in [0.5, 0.6) is 5.75 Å². The molecule has 36 heavy (non-hydrogen) atoms. The monoisotopic (exact) mass is 504 g/mol. The van der Waals surface area contributed by atoms with E-state index in [-0.39, 0.29) is 9.79 Å². The molecule has 1 aliphatic rings. The maximum absolute atomic E-state index is 14.3. The fourth-order valence-corrected chi connectivity index (χ4v) is 6.09. The molecule has 0 saturated carbocycles. The molecule has 1 fully saturated rings. The van der Waals surface area contributed by atoms with E-state index in [4.69, 9.17) is 14.0 Å². The van der Waals surface area contributed by atoms with E-state index < -0.39 is 28.2 Å². The third kappa shape index (κ3) is 3.82. The van der Waals surface area contributed by atoms with Gasteiger partial charge in [0, 0.05) is 34.4 Å². The second-order valence-electron chi connectivity index (χ2n) is 10.1. The summed E-state index contributed by atoms with van der Waals surface area (Å²) >= 11 is 0. The number of aromatic nitrogens is 2. The standard InChI is InChI=1S/C27H29BN2O5S/c1-17-11-13-18(14-12-17)36(31,32)24-21(28-34-26(2,3)27(4,5)35-28)16-30-25-23(24)20(15-29-25)19-9-7-8-10-22(19)33-6/h7-16H,1-6H3,(H,29,30). The number of hydrogen-bond acceptors (Lipinski definition) is 6. The van der Waals surface area contributed by atoms with Gasteiger partial charge in [0.25, 0.3) is 0 Å². The molecule has 0 unspecified atom stereocenters. The maximum atomic E-state index is 14.3. The molecule has 186 valence electrons. The number of nitrogens with zero attached hydrogens (tertiary/aromatic N) is 1. The first-order valence-electron chi connectivity index (χ1n) is 11.8. The van der Waals surface area contributed by atoms with Crippen molar-refractivity contribution in [2.75, 3.05) is 7.11 Å². The zero-order valence-corrected chi connectivity index (χ0v) is 22.1. The Hall–Kier alpha value is -3.14. The molecule has 1 aliphatic heterocycles. The third-order valence-corrected chi connectivity index (χ3v) is 9.06. The summed E-state index contributed by atoms with van der Waals surface area (Å²) in [5, 5.41) is 0.465. The predicted molar refractivity (Wildman–Crippen MR) is 140 cm³/mol. The summed E-state index contributed by atoms with van der Waals surface area (Å²) in [7, 11) is -3.33. The van der Waals surface area contributed by atoms with E-state index in [1.807, 2.05) is 58.9 Å². The molecule has 4 aromatic rings. The molecular formula is C27H29BN2O5S. The van der Waals surface area contributed by atoms with E-state index >= 15 is 0 Å². The van der Waals surface area contributed by atoms with Gasteiger partial charge in [0.2, 0.25) is 9.84 Å². The normalized spacial score (nSPS) is 17.0. The van der Waals surface area contributed by atoms with Crippen LogP contribution in [-0.2, 0) is 19.1 Å². The van der Waals surface area contributed by atoms with Crippen LogP contribution in [0.2, 0.25) is 0 Å². The summed E-state index contributed by atoms with van der Waals surface area (Å²) in [6.07, 6.45) is 3.30. The fraction of sp³-hybridized carbons (Fsp3) is 0.296. The Morgan fingerprint density at radius 1 is 0.944 bits per heavy atom. The molecule has 5 rings (SSSR count). The number of nitrogens with one attached hydrogen (secondary N) is 1. The highest BCUT2D eigenvalue weighted by Gasteiger charge is 2.53. The molecule has 0 bridgehead atoms. The molecule has 2 aromatic carbocycles. The first-order valence-corrected chi connectivity index (χ1v) is 13.3. The molecule has 0 atom stereocenters. The third-order valence-electron chi connectivity index (χ3n) is 7.19. The van der Waals surface area contributed by atoms with Gasteiger partial charge in [0.15, 0.2) is 0 Å². The van der Waals surface area contributed by atoms with Gasteiger partial charge < -0.3 is 19.0 Å². The summed E-state index contributed by atoms with van der Waals surface area (Å²) < 4.78 is 46.8. The number of para-hydroxylation sites is 1. The fourth-order valence-electron chi connectivity index (χ4n) is 4.42. The summed E-state index contributed by atoms with van der Waals surface area (Å²) in [5.74, 6) is 0.623. The van der Waals surface area contributed by atoms with Gasteiger partial charge in [-0.05, 0) is 52.8 Å². The van der Waals surface area contributed by atoms with E-state index in [9.17, 15) is 8.42 Å². The van der Waals surface area contributed by atoms with Crippen molar-refractivity contribution in [2.24, 2.45) is 0 Å². The van der Waals surface area contributed by atoms with E-state index in [2.05, 4.69) is 9.97 Å². The topological polar surface area (TPSA) is 90.5 Å². The van der Waals surface area contributed by atoms with E-state index in [1.165, 1.54) is 6.20 Å². The van der Waals surface area contributed by atoms with Crippen LogP contribution in [0.4, 0.5) is 0 Å². The van der Waals surface area contributed by atoms with Crippen LogP contribution in [0, 0.1) is 6.92 Å². The Kier molecular flexibility index (Phi) is 5.78. The molecule has 3 heterocycles. The summed E-state index contributed by atoms with van der Waals surface area (Å²) in [6.45, 7) is 9.66. The zero-order chi connectivity index (χ0) is 25.9. The number of hydrogen-bond donors (Lipinski definition) is 1. The van der Waals surface area contributed by atoms with Gasteiger partial charge in [-0.1, -0.05) is 35.9 Å². The number of fused-ring (bicyclic) bond motifs is 1.